The molecule has 0 fully saturated rings. The van der Waals surface area contributed by atoms with Crippen LogP contribution in [0.4, 0.5) is 5.69 Å². The van der Waals surface area contributed by atoms with Gasteiger partial charge < -0.3 is 15.1 Å². The van der Waals surface area contributed by atoms with Gasteiger partial charge in [0.25, 0.3) is 0 Å². The van der Waals surface area contributed by atoms with Gasteiger partial charge in [-0.2, -0.15) is 0 Å². The predicted octanol–water partition coefficient (Wildman–Crippen LogP) is 2.37. The van der Waals surface area contributed by atoms with Gasteiger partial charge in [0.15, 0.2) is 5.78 Å². The third-order valence-corrected chi connectivity index (χ3v) is 3.46. The molecule has 0 aliphatic rings. The molecule has 0 aromatic heterocycles. The maximum atomic E-state index is 12.3. The fraction of sp³-hybridized carbons (Fsp3) is 0.211. The van der Waals surface area contributed by atoms with E-state index in [9.17, 15) is 4.79 Å². The maximum Gasteiger partial charge on any atom is 0.185 e. The molecule has 4 nitrogen and oxygen atoms in total. The highest BCUT2D eigenvalue weighted by Gasteiger charge is 2.08. The molecular formula is C19H21NO3. The first-order valence-electron chi connectivity index (χ1n) is 7.59. The van der Waals surface area contributed by atoms with E-state index in [0.717, 1.165) is 11.3 Å². The molecule has 0 aliphatic carbocycles. The van der Waals surface area contributed by atoms with Gasteiger partial charge in [-0.25, -0.2) is 0 Å². The van der Waals surface area contributed by atoms with E-state index >= 15 is 0 Å². The predicted molar refractivity (Wildman–Crippen MR) is 92.6 cm³/mol. The van der Waals surface area contributed by atoms with Gasteiger partial charge in [0.05, 0.1) is 13.2 Å². The summed E-state index contributed by atoms with van der Waals surface area (Å²) in [6.45, 7) is 0.814. The van der Waals surface area contributed by atoms with E-state index in [-0.39, 0.29) is 19.0 Å². The zero-order valence-corrected chi connectivity index (χ0v) is 12.9. The number of allylic oxidation sites excluding steroid dienone is 1. The van der Waals surface area contributed by atoms with E-state index in [2.05, 4.69) is 0 Å². The Hall–Kier alpha value is -2.43. The Morgan fingerprint density at radius 2 is 1.65 bits per heavy atom. The molecule has 120 valence electrons. The number of aliphatic hydroxyl groups is 2. The fourth-order valence-electron chi connectivity index (χ4n) is 2.30. The summed E-state index contributed by atoms with van der Waals surface area (Å²) in [5.74, 6) is -0.0800. The molecule has 2 rings (SSSR count). The van der Waals surface area contributed by atoms with Crippen molar-refractivity contribution in [1.82, 2.24) is 0 Å². The Bertz CT molecular complexity index is 647. The molecule has 2 aromatic rings. The highest BCUT2D eigenvalue weighted by atomic mass is 16.3. The molecule has 2 N–H and O–H groups in total. The molecular weight excluding hydrogens is 290 g/mol. The van der Waals surface area contributed by atoms with E-state index < -0.39 is 0 Å². The lowest BCUT2D eigenvalue weighted by Crippen LogP contribution is -2.29. The van der Waals surface area contributed by atoms with Crippen molar-refractivity contribution in [1.29, 1.82) is 0 Å². The van der Waals surface area contributed by atoms with Crippen LogP contribution in [0, 0.1) is 0 Å². The monoisotopic (exact) mass is 311 g/mol. The summed E-state index contributed by atoms with van der Waals surface area (Å²) >= 11 is 0. The van der Waals surface area contributed by atoms with E-state index in [4.69, 9.17) is 10.2 Å². The van der Waals surface area contributed by atoms with Gasteiger partial charge in [-0.1, -0.05) is 48.5 Å². The quantitative estimate of drug-likeness (QED) is 0.580. The van der Waals surface area contributed by atoms with Gasteiger partial charge in [-0.3, -0.25) is 4.79 Å². The molecule has 0 atom stereocenters. The molecule has 0 spiro atoms. The fourth-order valence-corrected chi connectivity index (χ4v) is 2.30. The van der Waals surface area contributed by atoms with Crippen molar-refractivity contribution >= 4 is 17.5 Å². The van der Waals surface area contributed by atoms with Crippen molar-refractivity contribution in [3.8, 4) is 0 Å². The van der Waals surface area contributed by atoms with Crippen LogP contribution in [-0.4, -0.2) is 42.3 Å². The number of carbonyl (C=O) groups is 1. The standard InChI is InChI=1S/C19H21NO3/c21-13-11-20(12-14-22)18-8-4-7-17(15-18)19(23)10-9-16-5-2-1-3-6-16/h1-10,15,21-22H,11-14H2/b10-9+. The Labute approximate surface area is 136 Å². The molecule has 2 aromatic carbocycles. The Morgan fingerprint density at radius 3 is 2.30 bits per heavy atom. The van der Waals surface area contributed by atoms with Gasteiger partial charge in [0, 0.05) is 24.3 Å². The molecule has 0 radical (unpaired) electrons. The summed E-state index contributed by atoms with van der Waals surface area (Å²) in [6, 6.07) is 16.9. The normalized spacial score (nSPS) is 10.9. The molecule has 0 amide bonds. The van der Waals surface area contributed by atoms with Crippen molar-refractivity contribution in [2.45, 2.75) is 0 Å². The van der Waals surface area contributed by atoms with Crippen LogP contribution in [0.1, 0.15) is 15.9 Å². The van der Waals surface area contributed by atoms with Crippen molar-refractivity contribution in [2.24, 2.45) is 0 Å². The van der Waals surface area contributed by atoms with Gasteiger partial charge in [0.1, 0.15) is 0 Å². The zero-order valence-electron chi connectivity index (χ0n) is 12.9. The van der Waals surface area contributed by atoms with E-state index in [0.29, 0.717) is 18.7 Å². The van der Waals surface area contributed by atoms with E-state index in [1.54, 1.807) is 30.4 Å². The summed E-state index contributed by atoms with van der Waals surface area (Å²) in [6.07, 6.45) is 3.34. The second kappa shape index (κ2) is 8.88. The minimum absolute atomic E-state index is 0.00785. The van der Waals surface area contributed by atoms with Crippen LogP contribution < -0.4 is 4.90 Å². The first kappa shape index (κ1) is 16.9. The molecule has 0 bridgehead atoms. The van der Waals surface area contributed by atoms with Crippen molar-refractivity contribution in [2.75, 3.05) is 31.2 Å². The molecule has 23 heavy (non-hydrogen) atoms. The first-order chi connectivity index (χ1) is 11.2. The molecule has 0 saturated carbocycles. The third kappa shape index (κ3) is 5.06. The van der Waals surface area contributed by atoms with Crippen LogP contribution in [0.15, 0.2) is 60.7 Å². The molecule has 0 aliphatic heterocycles. The minimum atomic E-state index is -0.0800. The van der Waals surface area contributed by atoms with Gasteiger partial charge in [-0.05, 0) is 23.8 Å². The minimum Gasteiger partial charge on any atom is -0.395 e. The second-order valence-electron chi connectivity index (χ2n) is 5.09. The van der Waals surface area contributed by atoms with Gasteiger partial charge >= 0.3 is 0 Å². The number of carbonyl (C=O) groups excluding carboxylic acids is 1. The zero-order chi connectivity index (χ0) is 16.5. The van der Waals surface area contributed by atoms with Gasteiger partial charge in [0.2, 0.25) is 0 Å². The number of hydrogen-bond donors (Lipinski definition) is 2. The van der Waals surface area contributed by atoms with Crippen LogP contribution >= 0.6 is 0 Å². The molecule has 0 unspecified atom stereocenters. The summed E-state index contributed by atoms with van der Waals surface area (Å²) in [5, 5.41) is 18.2. The number of hydrogen-bond acceptors (Lipinski definition) is 4. The van der Waals surface area contributed by atoms with Crippen LogP contribution in [-0.2, 0) is 0 Å². The number of nitrogens with zero attached hydrogens (tertiary/aromatic N) is 1. The second-order valence-corrected chi connectivity index (χ2v) is 5.09. The van der Waals surface area contributed by atoms with Crippen LogP contribution in [0.5, 0.6) is 0 Å². The SMILES string of the molecule is O=C(/C=C/c1ccccc1)c1cccc(N(CCO)CCO)c1. The molecule has 0 heterocycles. The third-order valence-electron chi connectivity index (χ3n) is 3.46. The first-order valence-corrected chi connectivity index (χ1v) is 7.59. The summed E-state index contributed by atoms with van der Waals surface area (Å²) < 4.78 is 0. The lowest BCUT2D eigenvalue weighted by Gasteiger charge is -2.23. The summed E-state index contributed by atoms with van der Waals surface area (Å²) in [5.41, 5.74) is 2.36. The number of aliphatic hydroxyl groups excluding tert-OH is 2. The van der Waals surface area contributed by atoms with Crippen LogP contribution in [0.25, 0.3) is 6.08 Å². The summed E-state index contributed by atoms with van der Waals surface area (Å²) in [4.78, 5) is 14.1. The Morgan fingerprint density at radius 1 is 0.957 bits per heavy atom. The van der Waals surface area contributed by atoms with Crippen molar-refractivity contribution < 1.29 is 15.0 Å². The highest BCUT2D eigenvalue weighted by molar-refractivity contribution is 6.07. The largest absolute Gasteiger partial charge is 0.395 e. The average Bonchev–Trinajstić information content (AvgIpc) is 2.60. The van der Waals surface area contributed by atoms with Crippen molar-refractivity contribution in [3.05, 3.63) is 71.8 Å². The van der Waals surface area contributed by atoms with Crippen LogP contribution in [0.2, 0.25) is 0 Å². The van der Waals surface area contributed by atoms with Crippen molar-refractivity contribution in [3.63, 3.8) is 0 Å². The number of benzene rings is 2. The lowest BCUT2D eigenvalue weighted by atomic mass is 10.1. The average molecular weight is 311 g/mol. The van der Waals surface area contributed by atoms with Gasteiger partial charge in [-0.15, -0.1) is 0 Å². The Balaban J connectivity index is 2.15. The smallest absolute Gasteiger partial charge is 0.185 e. The lowest BCUT2D eigenvalue weighted by molar-refractivity contribution is 0.104. The molecule has 0 saturated heterocycles. The molecule has 4 heteroatoms. The summed E-state index contributed by atoms with van der Waals surface area (Å²) in [7, 11) is 0. The number of ketones is 1. The van der Waals surface area contributed by atoms with E-state index in [1.807, 2.05) is 41.3 Å². The Kier molecular flexibility index (Phi) is 6.54. The highest BCUT2D eigenvalue weighted by Crippen LogP contribution is 2.17. The van der Waals surface area contributed by atoms with Crippen LogP contribution in [0.3, 0.4) is 0 Å². The topological polar surface area (TPSA) is 60.8 Å². The van der Waals surface area contributed by atoms with E-state index in [1.165, 1.54) is 0 Å². The number of anilines is 1. The number of rotatable bonds is 8. The maximum absolute atomic E-state index is 12.3.